The van der Waals surface area contributed by atoms with Crippen molar-refractivity contribution in [3.8, 4) is 0 Å². The van der Waals surface area contributed by atoms with E-state index in [9.17, 15) is 18.0 Å². The molecule has 1 aromatic carbocycles. The normalized spacial score (nSPS) is 10.9. The molecule has 0 atom stereocenters. The summed E-state index contributed by atoms with van der Waals surface area (Å²) in [4.78, 5) is 27.6. The summed E-state index contributed by atoms with van der Waals surface area (Å²) in [6.45, 7) is 0.603. The number of amides is 1. The molecule has 1 aromatic heterocycles. The van der Waals surface area contributed by atoms with Crippen molar-refractivity contribution in [1.29, 1.82) is 0 Å². The highest BCUT2D eigenvalue weighted by Gasteiger charge is 2.38. The van der Waals surface area contributed by atoms with Gasteiger partial charge in [0.15, 0.2) is 0 Å². The van der Waals surface area contributed by atoms with Gasteiger partial charge in [-0.05, 0) is 18.2 Å². The maximum atomic E-state index is 11.2. The van der Waals surface area contributed by atoms with E-state index < -0.39 is 12.1 Å². The first-order chi connectivity index (χ1) is 11.6. The Bertz CT molecular complexity index is 734. The Hall–Kier alpha value is -2.33. The molecule has 0 aliphatic heterocycles. The number of carbonyl (C=O) groups excluding carboxylic acids is 1. The molecule has 0 spiro atoms. The average Bonchev–Trinajstić information content (AvgIpc) is 2.89. The smallest absolute Gasteiger partial charge is 0.475 e. The summed E-state index contributed by atoms with van der Waals surface area (Å²) in [5.74, 6) is -2.06. The number of halogens is 4. The van der Waals surface area contributed by atoms with Gasteiger partial charge in [-0.3, -0.25) is 4.79 Å². The number of nitrogens with zero attached hydrogens (tertiary/aromatic N) is 1. The predicted molar refractivity (Wildman–Crippen MR) is 83.4 cm³/mol. The topological polar surface area (TPSA) is 104 Å². The number of hydrogen-bond donors (Lipinski definition) is 3. The predicted octanol–water partition coefficient (Wildman–Crippen LogP) is 2.15. The van der Waals surface area contributed by atoms with Crippen LogP contribution in [0.15, 0.2) is 18.2 Å². The fourth-order valence-electron chi connectivity index (χ4n) is 1.66. The van der Waals surface area contributed by atoms with Gasteiger partial charge in [0.2, 0.25) is 5.91 Å². The first-order valence-corrected chi connectivity index (χ1v) is 7.21. The third-order valence-electron chi connectivity index (χ3n) is 2.69. The van der Waals surface area contributed by atoms with E-state index in [1.54, 1.807) is 6.07 Å². The summed E-state index contributed by atoms with van der Waals surface area (Å²) >= 11 is 5.89. The number of ether oxygens (including phenoxy) is 1. The van der Waals surface area contributed by atoms with E-state index in [-0.39, 0.29) is 12.5 Å². The van der Waals surface area contributed by atoms with Crippen molar-refractivity contribution in [2.45, 2.75) is 12.6 Å². The summed E-state index contributed by atoms with van der Waals surface area (Å²) in [5.41, 5.74) is 1.78. The number of aromatic amines is 1. The van der Waals surface area contributed by atoms with Crippen molar-refractivity contribution in [3.63, 3.8) is 0 Å². The summed E-state index contributed by atoms with van der Waals surface area (Å²) in [6.07, 6.45) is -4.44. The second-order valence-corrected chi connectivity index (χ2v) is 5.12. The van der Waals surface area contributed by atoms with Crippen molar-refractivity contribution in [2.75, 3.05) is 20.3 Å². The third-order valence-corrected chi connectivity index (χ3v) is 2.93. The van der Waals surface area contributed by atoms with Gasteiger partial charge in [-0.15, -0.1) is 0 Å². The molecule has 0 aliphatic rings. The molecule has 0 saturated carbocycles. The molecule has 0 fully saturated rings. The number of imidazole rings is 1. The number of hydrogen-bond acceptors (Lipinski definition) is 4. The lowest BCUT2D eigenvalue weighted by molar-refractivity contribution is -0.192. The summed E-state index contributed by atoms with van der Waals surface area (Å²) < 4.78 is 36.5. The van der Waals surface area contributed by atoms with Crippen LogP contribution in [-0.4, -0.2) is 53.4 Å². The molecule has 0 aliphatic carbocycles. The zero-order valence-corrected chi connectivity index (χ0v) is 13.7. The van der Waals surface area contributed by atoms with E-state index in [2.05, 4.69) is 15.3 Å². The van der Waals surface area contributed by atoms with Crippen LogP contribution in [0.4, 0.5) is 13.2 Å². The molecule has 0 radical (unpaired) electrons. The number of nitrogens with one attached hydrogen (secondary N) is 2. The van der Waals surface area contributed by atoms with Gasteiger partial charge >= 0.3 is 12.1 Å². The number of carbonyl (C=O) groups is 2. The highest BCUT2D eigenvalue weighted by Crippen LogP contribution is 2.17. The van der Waals surface area contributed by atoms with E-state index in [0.717, 1.165) is 16.9 Å². The van der Waals surface area contributed by atoms with Gasteiger partial charge in [0.05, 0.1) is 11.0 Å². The van der Waals surface area contributed by atoms with Crippen LogP contribution in [0.3, 0.4) is 0 Å². The highest BCUT2D eigenvalue weighted by molar-refractivity contribution is 6.31. The number of alkyl halides is 3. The van der Waals surface area contributed by atoms with Gasteiger partial charge in [0.25, 0.3) is 0 Å². The van der Waals surface area contributed by atoms with Crippen molar-refractivity contribution in [2.24, 2.45) is 0 Å². The number of aromatic nitrogens is 2. The van der Waals surface area contributed by atoms with Crippen LogP contribution < -0.4 is 5.32 Å². The molecule has 1 heterocycles. The molecular weight excluding hydrogens is 367 g/mol. The Morgan fingerprint density at radius 3 is 2.60 bits per heavy atom. The van der Waals surface area contributed by atoms with E-state index >= 15 is 0 Å². The van der Waals surface area contributed by atoms with Crippen molar-refractivity contribution in [1.82, 2.24) is 15.3 Å². The SMILES string of the molecule is COCC(=O)NCCc1nc2ccc(Cl)cc2[nH]1.O=C(O)C(F)(F)F. The standard InChI is InChI=1S/C12H14ClN3O2.C2HF3O2/c1-18-7-12(17)14-5-4-11-15-9-3-2-8(13)6-10(9)16-11;3-2(4,5)1(6)7/h2-3,6H,4-5,7H2,1H3,(H,14,17)(H,15,16);(H,6,7). The van der Waals surface area contributed by atoms with Crippen LogP contribution in [-0.2, 0) is 20.7 Å². The molecule has 7 nitrogen and oxygen atoms in total. The first-order valence-electron chi connectivity index (χ1n) is 6.83. The van der Waals surface area contributed by atoms with Crippen molar-refractivity contribution < 1.29 is 32.6 Å². The molecule has 2 aromatic rings. The van der Waals surface area contributed by atoms with Gasteiger partial charge in [0, 0.05) is 25.1 Å². The highest BCUT2D eigenvalue weighted by atomic mass is 35.5. The molecule has 2 rings (SSSR count). The van der Waals surface area contributed by atoms with E-state index in [1.807, 2.05) is 12.1 Å². The average molecular weight is 382 g/mol. The van der Waals surface area contributed by atoms with Crippen molar-refractivity contribution >= 4 is 34.5 Å². The third kappa shape index (κ3) is 7.40. The van der Waals surface area contributed by atoms with Crippen LogP contribution in [0.1, 0.15) is 5.82 Å². The van der Waals surface area contributed by atoms with Gasteiger partial charge < -0.3 is 20.1 Å². The fraction of sp³-hybridized carbons (Fsp3) is 0.357. The van der Waals surface area contributed by atoms with Gasteiger partial charge in [-0.2, -0.15) is 13.2 Å². The lowest BCUT2D eigenvalue weighted by Crippen LogP contribution is -2.29. The fourth-order valence-corrected chi connectivity index (χ4v) is 1.83. The van der Waals surface area contributed by atoms with E-state index in [1.165, 1.54) is 7.11 Å². The number of aliphatic carboxylic acids is 1. The number of benzene rings is 1. The molecule has 138 valence electrons. The Morgan fingerprint density at radius 2 is 2.04 bits per heavy atom. The Balaban J connectivity index is 0.000000381. The monoisotopic (exact) mass is 381 g/mol. The Kier molecular flexibility index (Phi) is 7.65. The minimum atomic E-state index is -5.08. The molecule has 1 amide bonds. The van der Waals surface area contributed by atoms with Crippen molar-refractivity contribution in [3.05, 3.63) is 29.0 Å². The zero-order valence-electron chi connectivity index (χ0n) is 13.0. The molecule has 0 bridgehead atoms. The van der Waals surface area contributed by atoms with Crippen LogP contribution in [0, 0.1) is 0 Å². The molecule has 3 N–H and O–H groups in total. The lowest BCUT2D eigenvalue weighted by Gasteiger charge is -2.01. The van der Waals surface area contributed by atoms with Gasteiger partial charge in [-0.25, -0.2) is 9.78 Å². The minimum absolute atomic E-state index is 0.0791. The number of H-pyrrole nitrogens is 1. The summed E-state index contributed by atoms with van der Waals surface area (Å²) in [7, 11) is 1.49. The molecular formula is C14H15ClF3N3O4. The maximum Gasteiger partial charge on any atom is 0.490 e. The molecule has 11 heteroatoms. The number of carboxylic acid groups (broad SMARTS) is 1. The summed E-state index contributed by atoms with van der Waals surface area (Å²) in [6, 6.07) is 5.49. The largest absolute Gasteiger partial charge is 0.490 e. The quantitative estimate of drug-likeness (QED) is 0.736. The summed E-state index contributed by atoms with van der Waals surface area (Å²) in [5, 5.41) is 10.5. The second kappa shape index (κ2) is 9.23. The number of methoxy groups -OCH3 is 1. The zero-order chi connectivity index (χ0) is 19.0. The van der Waals surface area contributed by atoms with E-state index in [0.29, 0.717) is 18.0 Å². The van der Waals surface area contributed by atoms with E-state index in [4.69, 9.17) is 26.2 Å². The minimum Gasteiger partial charge on any atom is -0.475 e. The van der Waals surface area contributed by atoms with Crippen LogP contribution in [0.5, 0.6) is 0 Å². The number of carboxylic acids is 1. The number of fused-ring (bicyclic) bond motifs is 1. The van der Waals surface area contributed by atoms with Crippen LogP contribution in [0.2, 0.25) is 5.02 Å². The maximum absolute atomic E-state index is 11.2. The van der Waals surface area contributed by atoms with Crippen LogP contribution in [0.25, 0.3) is 11.0 Å². The number of rotatable bonds is 5. The molecule has 0 unspecified atom stereocenters. The Morgan fingerprint density at radius 1 is 1.40 bits per heavy atom. The lowest BCUT2D eigenvalue weighted by atomic mass is 10.3. The molecule has 25 heavy (non-hydrogen) atoms. The van der Waals surface area contributed by atoms with Gasteiger partial charge in [0.1, 0.15) is 12.4 Å². The second-order valence-electron chi connectivity index (χ2n) is 4.68. The van der Waals surface area contributed by atoms with Crippen LogP contribution >= 0.6 is 11.6 Å². The Labute approximate surface area is 145 Å². The van der Waals surface area contributed by atoms with Gasteiger partial charge in [-0.1, -0.05) is 11.6 Å². The first kappa shape index (κ1) is 20.7. The molecule has 0 saturated heterocycles.